The van der Waals surface area contributed by atoms with E-state index in [-0.39, 0.29) is 6.04 Å². The maximum absolute atomic E-state index is 5.92. The lowest BCUT2D eigenvalue weighted by molar-refractivity contribution is 0.531. The lowest BCUT2D eigenvalue weighted by Gasteiger charge is -2.21. The molecule has 0 heterocycles. The van der Waals surface area contributed by atoms with E-state index in [1.165, 1.54) is 0 Å². The van der Waals surface area contributed by atoms with E-state index >= 15 is 0 Å². The average Bonchev–Trinajstić information content (AvgIpc) is 2.19. The highest BCUT2D eigenvalue weighted by Crippen LogP contribution is 2.25. The van der Waals surface area contributed by atoms with Crippen LogP contribution in [0.3, 0.4) is 0 Å². The first kappa shape index (κ1) is 12.6. The molecule has 0 saturated carbocycles. The van der Waals surface area contributed by atoms with Crippen molar-refractivity contribution in [3.8, 4) is 0 Å². The Balaban J connectivity index is 2.75. The number of anilines is 1. The first-order valence-corrected chi connectivity index (χ1v) is 5.72. The predicted octanol–water partition coefficient (Wildman–Crippen LogP) is 3.39. The summed E-state index contributed by atoms with van der Waals surface area (Å²) in [6, 6.07) is 5.75. The largest absolute Gasteiger partial charge is 0.381 e. The van der Waals surface area contributed by atoms with Gasteiger partial charge in [-0.2, -0.15) is 0 Å². The molecule has 0 bridgehead atoms. The number of nitrogens with one attached hydrogen (secondary N) is 1. The van der Waals surface area contributed by atoms with Crippen LogP contribution in [0.5, 0.6) is 0 Å². The maximum Gasteiger partial charge on any atom is 0.0612 e. The highest BCUT2D eigenvalue weighted by atomic mass is 35.5. The highest BCUT2D eigenvalue weighted by molar-refractivity contribution is 6.42. The van der Waals surface area contributed by atoms with Crippen LogP contribution in [-0.4, -0.2) is 12.6 Å². The van der Waals surface area contributed by atoms with E-state index in [1.807, 2.05) is 12.1 Å². The van der Waals surface area contributed by atoms with Crippen molar-refractivity contribution < 1.29 is 0 Å². The lowest BCUT2D eigenvalue weighted by Crippen LogP contribution is -2.33. The molecule has 0 fully saturated rings. The molecule has 0 aromatic heterocycles. The minimum absolute atomic E-state index is 0.252. The van der Waals surface area contributed by atoms with Crippen molar-refractivity contribution in [1.82, 2.24) is 0 Å². The third-order valence-corrected chi connectivity index (χ3v) is 3.07. The van der Waals surface area contributed by atoms with Gasteiger partial charge in [0, 0.05) is 18.3 Å². The summed E-state index contributed by atoms with van der Waals surface area (Å²) in [6.45, 7) is 4.85. The second-order valence-electron chi connectivity index (χ2n) is 3.86. The summed E-state index contributed by atoms with van der Waals surface area (Å²) in [4.78, 5) is 0. The zero-order chi connectivity index (χ0) is 11.4. The van der Waals surface area contributed by atoms with Crippen LogP contribution in [0.2, 0.25) is 10.0 Å². The van der Waals surface area contributed by atoms with Crippen molar-refractivity contribution in [2.24, 2.45) is 11.7 Å². The molecule has 0 amide bonds. The summed E-state index contributed by atoms with van der Waals surface area (Å²) in [5, 5.41) is 4.45. The maximum atomic E-state index is 5.92. The Morgan fingerprint density at radius 3 is 2.40 bits per heavy atom. The van der Waals surface area contributed by atoms with E-state index in [9.17, 15) is 0 Å². The molecule has 15 heavy (non-hydrogen) atoms. The molecular formula is C11H16Cl2N2. The first-order chi connectivity index (χ1) is 7.04. The molecule has 1 rings (SSSR count). The second-order valence-corrected chi connectivity index (χ2v) is 4.67. The molecule has 0 radical (unpaired) electrons. The van der Waals surface area contributed by atoms with Gasteiger partial charge in [-0.25, -0.2) is 0 Å². The smallest absolute Gasteiger partial charge is 0.0612 e. The van der Waals surface area contributed by atoms with Crippen molar-refractivity contribution in [2.45, 2.75) is 19.9 Å². The molecule has 0 spiro atoms. The van der Waals surface area contributed by atoms with E-state index < -0.39 is 0 Å². The number of halogens is 2. The van der Waals surface area contributed by atoms with Gasteiger partial charge >= 0.3 is 0 Å². The summed E-state index contributed by atoms with van der Waals surface area (Å²) < 4.78 is 0. The summed E-state index contributed by atoms with van der Waals surface area (Å²) in [7, 11) is 0. The zero-order valence-electron chi connectivity index (χ0n) is 8.93. The minimum atomic E-state index is 0.252. The molecule has 1 aromatic carbocycles. The number of benzene rings is 1. The molecule has 3 N–H and O–H groups in total. The van der Waals surface area contributed by atoms with Gasteiger partial charge in [-0.1, -0.05) is 37.0 Å². The van der Waals surface area contributed by atoms with Gasteiger partial charge in [-0.05, 0) is 24.1 Å². The van der Waals surface area contributed by atoms with Gasteiger partial charge in [0.15, 0.2) is 0 Å². The topological polar surface area (TPSA) is 38.0 Å². The van der Waals surface area contributed by atoms with Gasteiger partial charge < -0.3 is 11.1 Å². The van der Waals surface area contributed by atoms with Crippen LogP contribution in [0.15, 0.2) is 18.2 Å². The fraction of sp³-hybridized carbons (Fsp3) is 0.455. The normalized spacial score (nSPS) is 12.9. The van der Waals surface area contributed by atoms with Crippen molar-refractivity contribution in [3.63, 3.8) is 0 Å². The van der Waals surface area contributed by atoms with Crippen LogP contribution in [0, 0.1) is 5.92 Å². The molecule has 0 aliphatic carbocycles. The van der Waals surface area contributed by atoms with Crippen LogP contribution in [0.4, 0.5) is 5.69 Å². The number of nitrogens with two attached hydrogens (primary N) is 1. The van der Waals surface area contributed by atoms with Crippen LogP contribution < -0.4 is 11.1 Å². The molecule has 2 nitrogen and oxygen atoms in total. The Labute approximate surface area is 101 Å². The quantitative estimate of drug-likeness (QED) is 0.855. The van der Waals surface area contributed by atoms with Crippen molar-refractivity contribution >= 4 is 28.9 Å². The third-order valence-electron chi connectivity index (χ3n) is 2.33. The van der Waals surface area contributed by atoms with E-state index in [4.69, 9.17) is 28.9 Å². The highest BCUT2D eigenvalue weighted by Gasteiger charge is 2.11. The predicted molar refractivity (Wildman–Crippen MR) is 67.8 cm³/mol. The summed E-state index contributed by atoms with van der Waals surface area (Å²) in [5.74, 6) is 0.476. The average molecular weight is 247 g/mol. The van der Waals surface area contributed by atoms with E-state index in [0.717, 1.165) is 5.69 Å². The lowest BCUT2D eigenvalue weighted by atomic mass is 10.0. The molecule has 4 heteroatoms. The van der Waals surface area contributed by atoms with Crippen LogP contribution in [0.1, 0.15) is 13.8 Å². The van der Waals surface area contributed by atoms with Crippen LogP contribution in [-0.2, 0) is 0 Å². The SMILES string of the molecule is CC(C)C(CN)Nc1ccc(Cl)c(Cl)c1. The summed E-state index contributed by atoms with van der Waals surface area (Å²) in [5.41, 5.74) is 6.62. The first-order valence-electron chi connectivity index (χ1n) is 4.96. The van der Waals surface area contributed by atoms with E-state index in [1.54, 1.807) is 6.07 Å². The molecule has 84 valence electrons. The van der Waals surface area contributed by atoms with Gasteiger partial charge in [0.05, 0.1) is 10.0 Å². The van der Waals surface area contributed by atoms with Crippen molar-refractivity contribution in [3.05, 3.63) is 28.2 Å². The minimum Gasteiger partial charge on any atom is -0.381 e. The van der Waals surface area contributed by atoms with Gasteiger partial charge in [-0.15, -0.1) is 0 Å². The van der Waals surface area contributed by atoms with Gasteiger partial charge in [0.2, 0.25) is 0 Å². The van der Waals surface area contributed by atoms with Gasteiger partial charge in [0.1, 0.15) is 0 Å². The van der Waals surface area contributed by atoms with Crippen LogP contribution >= 0.6 is 23.2 Å². The van der Waals surface area contributed by atoms with E-state index in [2.05, 4.69) is 19.2 Å². The standard InChI is InChI=1S/C11H16Cl2N2/c1-7(2)11(6-14)15-8-3-4-9(12)10(13)5-8/h3-5,7,11,15H,6,14H2,1-2H3. The summed E-state index contributed by atoms with van der Waals surface area (Å²) in [6.07, 6.45) is 0. The second kappa shape index (κ2) is 5.59. The Bertz CT molecular complexity index is 326. The van der Waals surface area contributed by atoms with Gasteiger partial charge in [-0.3, -0.25) is 0 Å². The van der Waals surface area contributed by atoms with Crippen LogP contribution in [0.25, 0.3) is 0 Å². The third kappa shape index (κ3) is 3.56. The molecule has 1 atom stereocenters. The molecule has 0 saturated heterocycles. The van der Waals surface area contributed by atoms with Gasteiger partial charge in [0.25, 0.3) is 0 Å². The molecular weight excluding hydrogens is 231 g/mol. The van der Waals surface area contributed by atoms with Crippen molar-refractivity contribution in [1.29, 1.82) is 0 Å². The summed E-state index contributed by atoms with van der Waals surface area (Å²) >= 11 is 11.7. The number of hydrogen-bond acceptors (Lipinski definition) is 2. The monoisotopic (exact) mass is 246 g/mol. The number of rotatable bonds is 4. The molecule has 1 aromatic rings. The zero-order valence-corrected chi connectivity index (χ0v) is 10.4. The Kier molecular flexibility index (Phi) is 4.71. The fourth-order valence-electron chi connectivity index (χ4n) is 1.30. The molecule has 0 aliphatic heterocycles. The Morgan fingerprint density at radius 2 is 1.93 bits per heavy atom. The molecule has 0 aliphatic rings. The molecule has 1 unspecified atom stereocenters. The van der Waals surface area contributed by atoms with E-state index in [0.29, 0.717) is 22.5 Å². The Hall–Kier alpha value is -0.440. The number of hydrogen-bond donors (Lipinski definition) is 2. The Morgan fingerprint density at radius 1 is 1.27 bits per heavy atom. The van der Waals surface area contributed by atoms with Crippen molar-refractivity contribution in [2.75, 3.05) is 11.9 Å². The fourth-order valence-corrected chi connectivity index (χ4v) is 1.60.